The first-order chi connectivity index (χ1) is 16.1. The Labute approximate surface area is 204 Å². The fourth-order valence-electron chi connectivity index (χ4n) is 4.37. The minimum Gasteiger partial charge on any atom is -0.316 e. The minimum absolute atomic E-state index is 0.174. The molecule has 0 atom stereocenters. The van der Waals surface area contributed by atoms with Gasteiger partial charge < -0.3 is 10.2 Å². The van der Waals surface area contributed by atoms with Gasteiger partial charge in [0.15, 0.2) is 5.78 Å². The molecule has 3 N–H and O–H groups in total. The maximum Gasteiger partial charge on any atom is 0.394 e. The minimum atomic E-state index is -4.67. The summed E-state index contributed by atoms with van der Waals surface area (Å²) in [6.07, 6.45) is 5.69. The van der Waals surface area contributed by atoms with E-state index in [1.807, 2.05) is 35.2 Å². The molecule has 0 saturated heterocycles. The van der Waals surface area contributed by atoms with Gasteiger partial charge in [-0.3, -0.25) is 18.7 Å². The predicted molar refractivity (Wildman–Crippen MR) is 131 cm³/mol. The van der Waals surface area contributed by atoms with Crippen LogP contribution >= 0.6 is 11.6 Å². The predicted octanol–water partition coefficient (Wildman–Crippen LogP) is 3.71. The van der Waals surface area contributed by atoms with Crippen molar-refractivity contribution in [1.82, 2.24) is 5.32 Å². The first-order valence-electron chi connectivity index (χ1n) is 11.3. The zero-order chi connectivity index (χ0) is 24.7. The lowest BCUT2D eigenvalue weighted by Crippen LogP contribution is -2.31. The number of carbonyl (C=O) groups excluding carboxylic acids is 2. The number of unbranched alkanes of at least 4 members (excludes halogenated alkanes) is 1. The van der Waals surface area contributed by atoms with Crippen LogP contribution in [0.25, 0.3) is 0 Å². The van der Waals surface area contributed by atoms with Crippen molar-refractivity contribution >= 4 is 39.4 Å². The molecule has 2 aromatic rings. The molecule has 8 nitrogen and oxygen atoms in total. The third-order valence-electron chi connectivity index (χ3n) is 5.87. The molecule has 0 aromatic heterocycles. The van der Waals surface area contributed by atoms with Gasteiger partial charge in [0.25, 0.3) is 0 Å². The summed E-state index contributed by atoms with van der Waals surface area (Å²) in [5, 5.41) is 4.25. The number of Topliss-reactive ketones (excluding diaryl/α,β-unsaturated/α-hetero) is 1. The lowest BCUT2D eigenvalue weighted by Gasteiger charge is -2.25. The number of ketones is 1. The van der Waals surface area contributed by atoms with E-state index < -0.39 is 10.4 Å². The zero-order valence-corrected chi connectivity index (χ0v) is 20.4. The Morgan fingerprint density at radius 2 is 1.79 bits per heavy atom. The molecule has 2 aliphatic heterocycles. The topological polar surface area (TPSA) is 124 Å². The Hall–Kier alpha value is -2.30. The van der Waals surface area contributed by atoms with Crippen LogP contribution in [0, 0.1) is 0 Å². The van der Waals surface area contributed by atoms with Crippen molar-refractivity contribution in [2.75, 3.05) is 24.5 Å². The van der Waals surface area contributed by atoms with Crippen molar-refractivity contribution < 1.29 is 27.1 Å². The Morgan fingerprint density at radius 1 is 1.09 bits per heavy atom. The molecule has 0 fully saturated rings. The molecule has 10 heteroatoms. The van der Waals surface area contributed by atoms with Gasteiger partial charge in [-0.25, -0.2) is 0 Å². The molecule has 0 spiro atoms. The number of aryl methyl sites for hydroxylation is 1. The summed E-state index contributed by atoms with van der Waals surface area (Å²) in [6, 6.07) is 11.9. The van der Waals surface area contributed by atoms with E-state index in [2.05, 4.69) is 11.4 Å². The SMILES string of the molecule is O=C(CCCCNCCc1ccccc1Cl)c1cc2c3c(c1)CC(=O)N3CCC2.O=S(=O)(O)O. The summed E-state index contributed by atoms with van der Waals surface area (Å²) in [4.78, 5) is 26.7. The molecule has 2 aliphatic rings. The van der Waals surface area contributed by atoms with E-state index in [0.717, 1.165) is 79.1 Å². The quantitative estimate of drug-likeness (QED) is 0.268. The van der Waals surface area contributed by atoms with Gasteiger partial charge in [-0.15, -0.1) is 0 Å². The molecule has 0 radical (unpaired) electrons. The largest absolute Gasteiger partial charge is 0.394 e. The summed E-state index contributed by atoms with van der Waals surface area (Å²) in [5.74, 6) is 0.366. The van der Waals surface area contributed by atoms with Gasteiger partial charge in [0.05, 0.1) is 12.1 Å². The second-order valence-corrected chi connectivity index (χ2v) is 9.69. The molecule has 2 heterocycles. The molecule has 0 bridgehead atoms. The Morgan fingerprint density at radius 3 is 2.53 bits per heavy atom. The van der Waals surface area contributed by atoms with Crippen LogP contribution in [0.3, 0.4) is 0 Å². The smallest absolute Gasteiger partial charge is 0.316 e. The zero-order valence-electron chi connectivity index (χ0n) is 18.8. The van der Waals surface area contributed by atoms with Gasteiger partial charge >= 0.3 is 10.4 Å². The number of carbonyl (C=O) groups is 2. The van der Waals surface area contributed by atoms with E-state index in [4.69, 9.17) is 29.1 Å². The van der Waals surface area contributed by atoms with Crippen LogP contribution in [0.15, 0.2) is 36.4 Å². The number of nitrogens with one attached hydrogen (secondary N) is 1. The van der Waals surface area contributed by atoms with Gasteiger partial charge in [-0.1, -0.05) is 29.8 Å². The highest BCUT2D eigenvalue weighted by molar-refractivity contribution is 7.79. The van der Waals surface area contributed by atoms with E-state index >= 15 is 0 Å². The highest BCUT2D eigenvalue weighted by Crippen LogP contribution is 2.37. The first-order valence-corrected chi connectivity index (χ1v) is 13.0. The second-order valence-electron chi connectivity index (χ2n) is 8.39. The Balaban J connectivity index is 0.000000588. The molecule has 2 aromatic carbocycles. The van der Waals surface area contributed by atoms with Crippen molar-refractivity contribution in [3.8, 4) is 0 Å². The van der Waals surface area contributed by atoms with Crippen molar-refractivity contribution in [3.05, 3.63) is 63.7 Å². The average molecular weight is 509 g/mol. The van der Waals surface area contributed by atoms with Gasteiger partial charge in [0.2, 0.25) is 5.91 Å². The van der Waals surface area contributed by atoms with Crippen LogP contribution in [0.4, 0.5) is 5.69 Å². The number of anilines is 1. The highest BCUT2D eigenvalue weighted by Gasteiger charge is 2.32. The molecule has 4 rings (SSSR count). The van der Waals surface area contributed by atoms with Crippen LogP contribution in [0.5, 0.6) is 0 Å². The van der Waals surface area contributed by atoms with Gasteiger partial charge in [-0.2, -0.15) is 8.42 Å². The van der Waals surface area contributed by atoms with Gasteiger partial charge in [0.1, 0.15) is 0 Å². The summed E-state index contributed by atoms with van der Waals surface area (Å²) in [7, 11) is -4.67. The lowest BCUT2D eigenvalue weighted by molar-refractivity contribution is -0.117. The summed E-state index contributed by atoms with van der Waals surface area (Å²) in [6.45, 7) is 2.60. The standard InChI is InChI=1S/C24H27ClN2O2.H2O4S/c25-21-8-2-1-6-17(21)10-12-26-11-4-3-9-22(28)19-14-18-7-5-13-27-23(29)16-20(15-19)24(18)27;1-5(2,3)4/h1-2,6,8,14-15,26H,3-5,7,9-13,16H2;(H2,1,2,3,4). The Kier molecular flexibility index (Phi) is 9.21. The number of hydrogen-bond acceptors (Lipinski definition) is 5. The maximum absolute atomic E-state index is 12.7. The van der Waals surface area contributed by atoms with Gasteiger partial charge in [0, 0.05) is 23.6 Å². The number of benzene rings is 2. The second kappa shape index (κ2) is 11.9. The maximum atomic E-state index is 12.7. The van der Waals surface area contributed by atoms with Crippen molar-refractivity contribution in [2.45, 2.75) is 44.9 Å². The highest BCUT2D eigenvalue weighted by atomic mass is 35.5. The van der Waals surface area contributed by atoms with Crippen LogP contribution in [-0.2, 0) is 34.5 Å². The number of nitrogens with zero attached hydrogens (tertiary/aromatic N) is 1. The molecule has 184 valence electrons. The van der Waals surface area contributed by atoms with Crippen molar-refractivity contribution in [3.63, 3.8) is 0 Å². The number of halogens is 1. The summed E-state index contributed by atoms with van der Waals surface area (Å²) in [5.41, 5.74) is 5.23. The van der Waals surface area contributed by atoms with Crippen molar-refractivity contribution in [2.24, 2.45) is 0 Å². The normalized spacial score (nSPS) is 14.4. The molecule has 0 aliphatic carbocycles. The molecular weight excluding hydrogens is 480 g/mol. The number of rotatable bonds is 9. The van der Waals surface area contributed by atoms with Crippen molar-refractivity contribution in [1.29, 1.82) is 0 Å². The van der Waals surface area contributed by atoms with Crippen LogP contribution in [-0.4, -0.2) is 48.8 Å². The third-order valence-corrected chi connectivity index (χ3v) is 6.24. The number of hydrogen-bond donors (Lipinski definition) is 3. The summed E-state index contributed by atoms with van der Waals surface area (Å²) < 4.78 is 31.6. The molecule has 1 amide bonds. The van der Waals surface area contributed by atoms with Gasteiger partial charge in [-0.05, 0) is 80.1 Å². The van der Waals surface area contributed by atoms with E-state index in [1.165, 1.54) is 5.56 Å². The molecule has 34 heavy (non-hydrogen) atoms. The van der Waals surface area contributed by atoms with E-state index in [9.17, 15) is 9.59 Å². The van der Waals surface area contributed by atoms with Crippen LogP contribution in [0.2, 0.25) is 5.02 Å². The summed E-state index contributed by atoms with van der Waals surface area (Å²) >= 11 is 6.17. The van der Waals surface area contributed by atoms with Crippen LogP contribution in [0.1, 0.15) is 52.7 Å². The molecule has 0 saturated carbocycles. The molecule has 0 unspecified atom stereocenters. The van der Waals surface area contributed by atoms with E-state index in [0.29, 0.717) is 12.8 Å². The lowest BCUT2D eigenvalue weighted by atomic mass is 9.94. The fraction of sp³-hybridized carbons (Fsp3) is 0.417. The third kappa shape index (κ3) is 7.61. The van der Waals surface area contributed by atoms with Crippen LogP contribution < -0.4 is 10.2 Å². The molecular formula is C24H29ClN2O6S. The van der Waals surface area contributed by atoms with E-state index in [-0.39, 0.29) is 11.7 Å². The van der Waals surface area contributed by atoms with E-state index in [1.54, 1.807) is 0 Å². The number of amides is 1. The first kappa shape index (κ1) is 26.3. The fourth-order valence-corrected chi connectivity index (χ4v) is 4.60. The Bertz CT molecular complexity index is 1140. The average Bonchev–Trinajstić information content (AvgIpc) is 3.09. The monoisotopic (exact) mass is 508 g/mol.